The van der Waals surface area contributed by atoms with E-state index >= 15 is 0 Å². The summed E-state index contributed by atoms with van der Waals surface area (Å²) in [7, 11) is 0. The lowest BCUT2D eigenvalue weighted by Crippen LogP contribution is -2.27. The van der Waals surface area contributed by atoms with Crippen LogP contribution in [0.25, 0.3) is 0 Å². The molecule has 2 rings (SSSR count). The van der Waals surface area contributed by atoms with E-state index in [1.165, 1.54) is 128 Å². The van der Waals surface area contributed by atoms with Gasteiger partial charge in [0, 0.05) is 0 Å². The van der Waals surface area contributed by atoms with Gasteiger partial charge in [-0.15, -0.1) is 0 Å². The molecule has 0 aliphatic heterocycles. The van der Waals surface area contributed by atoms with Crippen molar-refractivity contribution in [2.24, 2.45) is 47.3 Å². The third-order valence-corrected chi connectivity index (χ3v) is 10.8. The van der Waals surface area contributed by atoms with E-state index in [2.05, 4.69) is 55.4 Å². The second-order valence-electron chi connectivity index (χ2n) is 14.3. The van der Waals surface area contributed by atoms with E-state index in [1.807, 2.05) is 0 Å². The number of hydrogen-bond acceptors (Lipinski definition) is 0. The molecule has 0 nitrogen and oxygen atoms in total. The highest BCUT2D eigenvalue weighted by Gasteiger charge is 2.29. The Morgan fingerprint density at radius 2 is 0.694 bits per heavy atom. The van der Waals surface area contributed by atoms with E-state index < -0.39 is 0 Å². The van der Waals surface area contributed by atoms with Gasteiger partial charge in [0.1, 0.15) is 0 Å². The van der Waals surface area contributed by atoms with E-state index in [0.717, 1.165) is 47.3 Å². The standard InChI is InChI=1S/C26H52.C10H20/c1-5-6-7-8-9-10-11-12-13-14-15-16-17-18-19-20-26-21-23(2)25(4)24(3)22-26;1-7-5-8(2)10(4)9(3)6-7/h23-26H,5-22H2,1-4H3;7-10H,5-6H2,1-4H3. The molecule has 0 heteroatoms. The zero-order valence-corrected chi connectivity index (χ0v) is 26.8. The van der Waals surface area contributed by atoms with Gasteiger partial charge >= 0.3 is 0 Å². The average molecular weight is 505 g/mol. The maximum Gasteiger partial charge on any atom is -0.0391 e. The van der Waals surface area contributed by atoms with Crippen LogP contribution in [0.4, 0.5) is 0 Å². The molecule has 0 radical (unpaired) electrons. The topological polar surface area (TPSA) is 0 Å². The van der Waals surface area contributed by atoms with Crippen LogP contribution in [0.1, 0.15) is 184 Å². The van der Waals surface area contributed by atoms with Crippen LogP contribution in [0.15, 0.2) is 0 Å². The molecule has 216 valence electrons. The highest BCUT2D eigenvalue weighted by molar-refractivity contribution is 4.80. The molecule has 2 aliphatic rings. The summed E-state index contributed by atoms with van der Waals surface area (Å²) in [6.45, 7) is 19.3. The fourth-order valence-corrected chi connectivity index (χ4v) is 7.53. The lowest BCUT2D eigenvalue weighted by atomic mass is 9.69. The summed E-state index contributed by atoms with van der Waals surface area (Å²) in [4.78, 5) is 0. The first-order valence-electron chi connectivity index (χ1n) is 17.3. The van der Waals surface area contributed by atoms with Crippen LogP contribution in [0.3, 0.4) is 0 Å². The molecule has 0 aromatic carbocycles. The van der Waals surface area contributed by atoms with Crippen molar-refractivity contribution in [2.75, 3.05) is 0 Å². The van der Waals surface area contributed by atoms with Crippen LogP contribution < -0.4 is 0 Å². The monoisotopic (exact) mass is 505 g/mol. The van der Waals surface area contributed by atoms with E-state index in [9.17, 15) is 0 Å². The van der Waals surface area contributed by atoms with Crippen molar-refractivity contribution in [2.45, 2.75) is 184 Å². The van der Waals surface area contributed by atoms with Crippen molar-refractivity contribution in [3.63, 3.8) is 0 Å². The summed E-state index contributed by atoms with van der Waals surface area (Å²) >= 11 is 0. The first-order chi connectivity index (χ1) is 17.3. The molecule has 0 spiro atoms. The summed E-state index contributed by atoms with van der Waals surface area (Å²) in [6, 6.07) is 0. The molecule has 2 saturated carbocycles. The van der Waals surface area contributed by atoms with Gasteiger partial charge in [-0.1, -0.05) is 158 Å². The Morgan fingerprint density at radius 1 is 0.389 bits per heavy atom. The lowest BCUT2D eigenvalue weighted by molar-refractivity contribution is 0.134. The first kappa shape index (κ1) is 34.0. The molecular formula is C36H72. The lowest BCUT2D eigenvalue weighted by Gasteiger charge is -2.37. The zero-order chi connectivity index (χ0) is 26.8. The molecule has 4 atom stereocenters. The second kappa shape index (κ2) is 20.9. The largest absolute Gasteiger partial charge is 0.0654 e. The van der Waals surface area contributed by atoms with Gasteiger partial charge in [0.2, 0.25) is 0 Å². The molecular weight excluding hydrogens is 432 g/mol. The molecule has 0 N–H and O–H groups in total. The Kier molecular flexibility index (Phi) is 19.8. The summed E-state index contributed by atoms with van der Waals surface area (Å²) in [6.07, 6.45) is 29.6. The van der Waals surface area contributed by atoms with E-state index in [0.29, 0.717) is 0 Å². The molecule has 0 saturated heterocycles. The van der Waals surface area contributed by atoms with E-state index in [4.69, 9.17) is 0 Å². The minimum absolute atomic E-state index is 0.951. The Balaban J connectivity index is 0.000000537. The maximum atomic E-state index is 2.49. The number of unbranched alkanes of at least 4 members (excludes halogenated alkanes) is 14. The smallest absolute Gasteiger partial charge is 0.0391 e. The Bertz CT molecular complexity index is 456. The fourth-order valence-electron chi connectivity index (χ4n) is 7.53. The zero-order valence-electron chi connectivity index (χ0n) is 26.8. The third kappa shape index (κ3) is 15.4. The van der Waals surface area contributed by atoms with Gasteiger partial charge in [0.25, 0.3) is 0 Å². The van der Waals surface area contributed by atoms with Gasteiger partial charge in [-0.25, -0.2) is 0 Å². The normalized spacial score (nSPS) is 32.7. The van der Waals surface area contributed by atoms with Gasteiger partial charge in [-0.05, 0) is 73.0 Å². The summed E-state index contributed by atoms with van der Waals surface area (Å²) in [5.41, 5.74) is 0. The predicted molar refractivity (Wildman–Crippen MR) is 166 cm³/mol. The quantitative estimate of drug-likeness (QED) is 0.183. The molecule has 0 aromatic heterocycles. The third-order valence-electron chi connectivity index (χ3n) is 10.8. The van der Waals surface area contributed by atoms with Gasteiger partial charge in [-0.3, -0.25) is 0 Å². The highest BCUT2D eigenvalue weighted by Crippen LogP contribution is 2.40. The van der Waals surface area contributed by atoms with Crippen LogP contribution in [0, 0.1) is 47.3 Å². The Hall–Kier alpha value is 0. The van der Waals surface area contributed by atoms with Crippen molar-refractivity contribution < 1.29 is 0 Å². The molecule has 0 bridgehead atoms. The molecule has 2 aliphatic carbocycles. The molecule has 4 unspecified atom stereocenters. The number of hydrogen-bond donors (Lipinski definition) is 0. The van der Waals surface area contributed by atoms with Crippen molar-refractivity contribution in [1.29, 1.82) is 0 Å². The fraction of sp³-hybridized carbons (Fsp3) is 1.00. The minimum Gasteiger partial charge on any atom is -0.0654 e. The second-order valence-corrected chi connectivity index (χ2v) is 14.3. The van der Waals surface area contributed by atoms with E-state index in [-0.39, 0.29) is 0 Å². The summed E-state index contributed by atoms with van der Waals surface area (Å²) < 4.78 is 0. The SMILES string of the molecule is CC1CC(C)C(C)C(C)C1.CCCCCCCCCCCCCCCCCC1CC(C)C(C)C(C)C1. The number of rotatable bonds is 16. The average Bonchev–Trinajstić information content (AvgIpc) is 2.83. The molecule has 2 fully saturated rings. The van der Waals surface area contributed by atoms with Crippen LogP contribution in [-0.2, 0) is 0 Å². The molecule has 36 heavy (non-hydrogen) atoms. The predicted octanol–water partition coefficient (Wildman–Crippen LogP) is 12.9. The maximum absolute atomic E-state index is 2.49. The highest BCUT2D eigenvalue weighted by atomic mass is 14.3. The van der Waals surface area contributed by atoms with Gasteiger partial charge < -0.3 is 0 Å². The van der Waals surface area contributed by atoms with E-state index in [1.54, 1.807) is 0 Å². The van der Waals surface area contributed by atoms with Crippen LogP contribution >= 0.6 is 0 Å². The van der Waals surface area contributed by atoms with Crippen molar-refractivity contribution in [3.8, 4) is 0 Å². The minimum atomic E-state index is 0.951. The first-order valence-corrected chi connectivity index (χ1v) is 17.3. The van der Waals surface area contributed by atoms with Gasteiger partial charge in [0.15, 0.2) is 0 Å². The van der Waals surface area contributed by atoms with Crippen molar-refractivity contribution >= 4 is 0 Å². The van der Waals surface area contributed by atoms with Crippen LogP contribution in [0.5, 0.6) is 0 Å². The summed E-state index contributed by atoms with van der Waals surface area (Å²) in [5.74, 6) is 7.75. The van der Waals surface area contributed by atoms with Crippen LogP contribution in [0.2, 0.25) is 0 Å². The van der Waals surface area contributed by atoms with Gasteiger partial charge in [0.05, 0.1) is 0 Å². The van der Waals surface area contributed by atoms with Gasteiger partial charge in [-0.2, -0.15) is 0 Å². The van der Waals surface area contributed by atoms with Crippen molar-refractivity contribution in [1.82, 2.24) is 0 Å². The summed E-state index contributed by atoms with van der Waals surface area (Å²) in [5, 5.41) is 0. The van der Waals surface area contributed by atoms with Crippen molar-refractivity contribution in [3.05, 3.63) is 0 Å². The molecule has 0 amide bonds. The molecule has 0 aromatic rings. The Labute approximate surface area is 231 Å². The van der Waals surface area contributed by atoms with Crippen LogP contribution in [-0.4, -0.2) is 0 Å². The Morgan fingerprint density at radius 3 is 1.06 bits per heavy atom. The molecule has 0 heterocycles.